The summed E-state index contributed by atoms with van der Waals surface area (Å²) in [5.41, 5.74) is 0. The van der Waals surface area contributed by atoms with Crippen LogP contribution in [0.2, 0.25) is 17.3 Å². The van der Waals surface area contributed by atoms with Crippen LogP contribution in [0.3, 0.4) is 0 Å². The predicted molar refractivity (Wildman–Crippen MR) is 64.9 cm³/mol. The first-order valence-corrected chi connectivity index (χ1v) is 13.1. The Labute approximate surface area is 87.3 Å². The topological polar surface area (TPSA) is 3.24 Å². The molecule has 0 N–H and O–H groups in total. The number of hydrogen-bond acceptors (Lipinski definition) is 1. The molecular formula is C11H27GeN. The zero-order chi connectivity index (χ0) is 10.6. The third-order valence-electron chi connectivity index (χ3n) is 2.72. The van der Waals surface area contributed by atoms with Gasteiger partial charge >= 0.3 is 87.0 Å². The van der Waals surface area contributed by atoms with Crippen LogP contribution in [0, 0.1) is 5.92 Å². The normalized spacial score (nSPS) is 15.5. The molecule has 1 atom stereocenters. The van der Waals surface area contributed by atoms with Gasteiger partial charge in [-0.05, 0) is 0 Å². The van der Waals surface area contributed by atoms with Crippen LogP contribution in [0.15, 0.2) is 0 Å². The molecule has 0 spiro atoms. The molecule has 0 aliphatic heterocycles. The van der Waals surface area contributed by atoms with E-state index in [9.17, 15) is 0 Å². The van der Waals surface area contributed by atoms with Gasteiger partial charge in [-0.3, -0.25) is 0 Å². The Hall–Kier alpha value is 0.503. The Balaban J connectivity index is 4.59. The van der Waals surface area contributed by atoms with E-state index in [2.05, 4.69) is 49.9 Å². The van der Waals surface area contributed by atoms with E-state index in [1.165, 1.54) is 13.1 Å². The van der Waals surface area contributed by atoms with Crippen molar-refractivity contribution < 1.29 is 0 Å². The zero-order valence-corrected chi connectivity index (χ0v) is 12.6. The van der Waals surface area contributed by atoms with E-state index >= 15 is 0 Å². The third kappa shape index (κ3) is 4.03. The maximum absolute atomic E-state index is 2.66. The fraction of sp³-hybridized carbons (Fsp3) is 1.00. The molecule has 0 rings (SSSR count). The van der Waals surface area contributed by atoms with E-state index in [4.69, 9.17) is 0 Å². The molecule has 0 aromatic rings. The molecule has 0 bridgehead atoms. The van der Waals surface area contributed by atoms with Gasteiger partial charge in [0, 0.05) is 0 Å². The first-order valence-electron chi connectivity index (χ1n) is 5.58. The standard InChI is InChI=1S/C11H27GeN/c1-8-13(9-2)11(10(3)4)12(5,6)7/h10-11H,8-9H2,1-7H3. The van der Waals surface area contributed by atoms with Gasteiger partial charge in [-0.15, -0.1) is 0 Å². The summed E-state index contributed by atoms with van der Waals surface area (Å²) < 4.78 is 0. The molecule has 13 heavy (non-hydrogen) atoms. The van der Waals surface area contributed by atoms with E-state index < -0.39 is 13.3 Å². The molecule has 0 heterocycles. The number of hydrogen-bond donors (Lipinski definition) is 0. The van der Waals surface area contributed by atoms with E-state index in [0.717, 1.165) is 10.8 Å². The van der Waals surface area contributed by atoms with Crippen molar-refractivity contribution in [3.8, 4) is 0 Å². The van der Waals surface area contributed by atoms with Crippen molar-refractivity contribution in [3.05, 3.63) is 0 Å². The zero-order valence-electron chi connectivity index (χ0n) is 10.5. The van der Waals surface area contributed by atoms with Crippen LogP contribution in [-0.2, 0) is 0 Å². The molecule has 0 fully saturated rings. The van der Waals surface area contributed by atoms with Gasteiger partial charge in [0.2, 0.25) is 0 Å². The van der Waals surface area contributed by atoms with Crippen molar-refractivity contribution in [3.63, 3.8) is 0 Å². The van der Waals surface area contributed by atoms with Gasteiger partial charge in [-0.25, -0.2) is 0 Å². The molecule has 80 valence electrons. The Morgan fingerprint density at radius 1 is 1.00 bits per heavy atom. The Kier molecular flexibility index (Phi) is 5.61. The predicted octanol–water partition coefficient (Wildman–Crippen LogP) is 3.23. The van der Waals surface area contributed by atoms with E-state index in [0.29, 0.717) is 0 Å². The molecular weight excluding hydrogens is 219 g/mol. The summed E-state index contributed by atoms with van der Waals surface area (Å²) >= 11 is -1.53. The molecule has 0 radical (unpaired) electrons. The summed E-state index contributed by atoms with van der Waals surface area (Å²) in [5.74, 6) is 8.41. The second-order valence-electron chi connectivity index (χ2n) is 5.28. The van der Waals surface area contributed by atoms with Crippen molar-refractivity contribution in [2.24, 2.45) is 5.92 Å². The summed E-state index contributed by atoms with van der Waals surface area (Å²) in [6.07, 6.45) is 0. The Bertz CT molecular complexity index is 134. The quantitative estimate of drug-likeness (QED) is 0.673. The third-order valence-corrected chi connectivity index (χ3v) is 8.61. The molecule has 0 aliphatic rings. The molecule has 0 amide bonds. The van der Waals surface area contributed by atoms with Crippen molar-refractivity contribution in [1.82, 2.24) is 4.90 Å². The number of nitrogens with zero attached hydrogens (tertiary/aromatic N) is 1. The summed E-state index contributed by atoms with van der Waals surface area (Å²) in [7, 11) is 0. The maximum atomic E-state index is 2.66. The summed E-state index contributed by atoms with van der Waals surface area (Å²) in [5, 5.41) is 0. The second-order valence-corrected chi connectivity index (χ2v) is 16.4. The van der Waals surface area contributed by atoms with E-state index in [1.54, 1.807) is 0 Å². The molecule has 0 aromatic carbocycles. The van der Waals surface area contributed by atoms with Gasteiger partial charge in [0.15, 0.2) is 0 Å². The van der Waals surface area contributed by atoms with Crippen LogP contribution in [0.5, 0.6) is 0 Å². The van der Waals surface area contributed by atoms with E-state index in [1.807, 2.05) is 0 Å². The first kappa shape index (κ1) is 13.5. The number of rotatable bonds is 5. The minimum atomic E-state index is -1.53. The molecule has 0 aliphatic carbocycles. The molecule has 1 nitrogen and oxygen atoms in total. The minimum absolute atomic E-state index is 0.819. The van der Waals surface area contributed by atoms with Crippen LogP contribution in [-0.4, -0.2) is 36.1 Å². The molecule has 2 heteroatoms. The second kappa shape index (κ2) is 5.40. The molecule has 0 aromatic heterocycles. The van der Waals surface area contributed by atoms with Gasteiger partial charge in [0.05, 0.1) is 0 Å². The van der Waals surface area contributed by atoms with Crippen LogP contribution in [0.1, 0.15) is 27.7 Å². The van der Waals surface area contributed by atoms with Crippen LogP contribution >= 0.6 is 0 Å². The summed E-state index contributed by atoms with van der Waals surface area (Å²) in [4.78, 5) is 3.54. The van der Waals surface area contributed by atoms with Gasteiger partial charge in [-0.2, -0.15) is 0 Å². The summed E-state index contributed by atoms with van der Waals surface area (Å²) in [6.45, 7) is 11.7. The van der Waals surface area contributed by atoms with Gasteiger partial charge in [0.1, 0.15) is 0 Å². The van der Waals surface area contributed by atoms with Gasteiger partial charge in [-0.1, -0.05) is 0 Å². The average molecular weight is 246 g/mol. The van der Waals surface area contributed by atoms with Crippen molar-refractivity contribution >= 4 is 13.3 Å². The van der Waals surface area contributed by atoms with Crippen molar-refractivity contribution in [2.75, 3.05) is 13.1 Å². The van der Waals surface area contributed by atoms with Crippen molar-refractivity contribution in [2.45, 2.75) is 49.8 Å². The molecule has 0 saturated carbocycles. The van der Waals surface area contributed by atoms with Crippen LogP contribution in [0.4, 0.5) is 0 Å². The van der Waals surface area contributed by atoms with Crippen molar-refractivity contribution in [1.29, 1.82) is 0 Å². The van der Waals surface area contributed by atoms with Crippen LogP contribution in [0.25, 0.3) is 0 Å². The van der Waals surface area contributed by atoms with Gasteiger partial charge in [0.25, 0.3) is 0 Å². The Morgan fingerprint density at radius 3 is 1.46 bits per heavy atom. The Morgan fingerprint density at radius 2 is 1.38 bits per heavy atom. The van der Waals surface area contributed by atoms with Gasteiger partial charge < -0.3 is 0 Å². The average Bonchev–Trinajstić information content (AvgIpc) is 1.96. The monoisotopic (exact) mass is 247 g/mol. The van der Waals surface area contributed by atoms with Crippen LogP contribution < -0.4 is 0 Å². The SMILES string of the molecule is CCN(CC)[CH](C(C)C)[Ge]([CH3])([CH3])[CH3]. The fourth-order valence-corrected chi connectivity index (χ4v) is 9.85. The fourth-order valence-electron chi connectivity index (χ4n) is 2.59. The van der Waals surface area contributed by atoms with E-state index in [-0.39, 0.29) is 0 Å². The molecule has 1 unspecified atom stereocenters. The first-order chi connectivity index (χ1) is 5.84. The molecule has 0 saturated heterocycles. The summed E-state index contributed by atoms with van der Waals surface area (Å²) in [6, 6.07) is 0.